The van der Waals surface area contributed by atoms with Crippen molar-refractivity contribution in [3.8, 4) is 0 Å². The van der Waals surface area contributed by atoms with Crippen LogP contribution in [0.4, 0.5) is 4.39 Å². The summed E-state index contributed by atoms with van der Waals surface area (Å²) >= 11 is 0. The highest BCUT2D eigenvalue weighted by atomic mass is 19.1. The molecule has 1 saturated heterocycles. The van der Waals surface area contributed by atoms with Gasteiger partial charge in [-0.15, -0.1) is 0 Å². The van der Waals surface area contributed by atoms with Gasteiger partial charge >= 0.3 is 0 Å². The normalized spacial score (nSPS) is 18.4. The lowest BCUT2D eigenvalue weighted by Gasteiger charge is -2.31. The van der Waals surface area contributed by atoms with E-state index in [1.54, 1.807) is 19.2 Å². The second-order valence-electron chi connectivity index (χ2n) is 4.98. The maximum Gasteiger partial charge on any atom is 0.173 e. The maximum absolute atomic E-state index is 14.3. The van der Waals surface area contributed by atoms with Crippen LogP contribution >= 0.6 is 0 Å². The molecule has 0 amide bonds. The molecule has 0 spiro atoms. The highest BCUT2D eigenvalue weighted by molar-refractivity contribution is 5.97. The van der Waals surface area contributed by atoms with E-state index in [0.29, 0.717) is 18.2 Å². The highest BCUT2D eigenvalue weighted by Gasteiger charge is 2.20. The van der Waals surface area contributed by atoms with Crippen molar-refractivity contribution in [2.24, 2.45) is 10.9 Å². The van der Waals surface area contributed by atoms with Gasteiger partial charge in [0.1, 0.15) is 5.82 Å². The van der Waals surface area contributed by atoms with Gasteiger partial charge in [-0.25, -0.2) is 4.39 Å². The first kappa shape index (κ1) is 14.7. The number of benzene rings is 1. The van der Waals surface area contributed by atoms with Crippen molar-refractivity contribution in [3.63, 3.8) is 0 Å². The summed E-state index contributed by atoms with van der Waals surface area (Å²) in [5.41, 5.74) is 6.16. The minimum Gasteiger partial charge on any atom is -0.409 e. The zero-order valence-corrected chi connectivity index (χ0v) is 11.6. The first-order valence-corrected chi connectivity index (χ1v) is 6.66. The number of methoxy groups -OCH3 is 1. The molecule has 20 heavy (non-hydrogen) atoms. The van der Waals surface area contributed by atoms with Gasteiger partial charge in [0, 0.05) is 32.3 Å². The van der Waals surface area contributed by atoms with Gasteiger partial charge in [-0.05, 0) is 18.9 Å². The van der Waals surface area contributed by atoms with E-state index in [2.05, 4.69) is 10.1 Å². The molecule has 110 valence electrons. The molecule has 0 bridgehead atoms. The molecule has 6 heteroatoms. The Morgan fingerprint density at radius 3 is 2.80 bits per heavy atom. The second kappa shape index (κ2) is 6.67. The van der Waals surface area contributed by atoms with Crippen molar-refractivity contribution in [1.82, 2.24) is 4.90 Å². The second-order valence-corrected chi connectivity index (χ2v) is 4.98. The van der Waals surface area contributed by atoms with E-state index in [-0.39, 0.29) is 11.4 Å². The third-order valence-electron chi connectivity index (χ3n) is 3.72. The number of rotatable bonds is 4. The van der Waals surface area contributed by atoms with Crippen LogP contribution < -0.4 is 5.73 Å². The first-order valence-electron chi connectivity index (χ1n) is 6.66. The fourth-order valence-corrected chi connectivity index (χ4v) is 2.50. The average Bonchev–Trinajstić information content (AvgIpc) is 2.49. The van der Waals surface area contributed by atoms with Crippen LogP contribution in [-0.2, 0) is 11.3 Å². The molecule has 2 rings (SSSR count). The summed E-state index contributed by atoms with van der Waals surface area (Å²) in [5.74, 6) is -0.626. The lowest BCUT2D eigenvalue weighted by atomic mass is 10.0. The molecule has 1 aliphatic heterocycles. The molecule has 0 unspecified atom stereocenters. The molecule has 0 radical (unpaired) electrons. The Balaban J connectivity index is 2.07. The van der Waals surface area contributed by atoms with Gasteiger partial charge in [0.15, 0.2) is 5.84 Å². The Morgan fingerprint density at radius 2 is 2.20 bits per heavy atom. The summed E-state index contributed by atoms with van der Waals surface area (Å²) < 4.78 is 19.6. The Bertz CT molecular complexity index is 485. The molecule has 5 nitrogen and oxygen atoms in total. The van der Waals surface area contributed by atoms with Crippen molar-refractivity contribution in [1.29, 1.82) is 0 Å². The number of nitrogens with zero attached hydrogens (tertiary/aromatic N) is 2. The fraction of sp³-hybridized carbons (Fsp3) is 0.500. The first-order chi connectivity index (χ1) is 9.65. The van der Waals surface area contributed by atoms with Crippen molar-refractivity contribution >= 4 is 5.84 Å². The van der Waals surface area contributed by atoms with Gasteiger partial charge in [-0.2, -0.15) is 0 Å². The third-order valence-corrected chi connectivity index (χ3v) is 3.72. The Kier molecular flexibility index (Phi) is 4.92. The molecular formula is C14H20FN3O2. The monoisotopic (exact) mass is 281 g/mol. The topological polar surface area (TPSA) is 71.1 Å². The Labute approximate surface area is 117 Å². The van der Waals surface area contributed by atoms with Crippen molar-refractivity contribution in [3.05, 3.63) is 35.1 Å². The van der Waals surface area contributed by atoms with Gasteiger partial charge in [-0.3, -0.25) is 4.90 Å². The van der Waals surface area contributed by atoms with E-state index in [1.165, 1.54) is 6.07 Å². The van der Waals surface area contributed by atoms with Crippen LogP contribution in [0.1, 0.15) is 24.0 Å². The third kappa shape index (κ3) is 3.26. The van der Waals surface area contributed by atoms with Crippen LogP contribution in [0.5, 0.6) is 0 Å². The van der Waals surface area contributed by atoms with Crippen LogP contribution in [0.25, 0.3) is 0 Å². The van der Waals surface area contributed by atoms with E-state index in [1.807, 2.05) is 0 Å². The van der Waals surface area contributed by atoms with Crippen LogP contribution in [0, 0.1) is 5.82 Å². The zero-order valence-electron chi connectivity index (χ0n) is 11.6. The number of halogens is 1. The number of hydrogen-bond acceptors (Lipinski definition) is 4. The maximum atomic E-state index is 14.3. The molecule has 0 saturated carbocycles. The van der Waals surface area contributed by atoms with Crippen molar-refractivity contribution in [2.75, 3.05) is 20.2 Å². The van der Waals surface area contributed by atoms with E-state index in [9.17, 15) is 4.39 Å². The molecule has 1 aliphatic rings. The summed E-state index contributed by atoms with van der Waals surface area (Å²) in [6.45, 7) is 2.28. The van der Waals surface area contributed by atoms with Gasteiger partial charge in [0.05, 0.1) is 11.7 Å². The Hall–Kier alpha value is -1.66. The van der Waals surface area contributed by atoms with Crippen LogP contribution in [-0.4, -0.2) is 42.2 Å². The zero-order chi connectivity index (χ0) is 14.5. The van der Waals surface area contributed by atoms with Gasteiger partial charge in [0.25, 0.3) is 0 Å². The predicted octanol–water partition coefficient (Wildman–Crippen LogP) is 1.53. The number of hydrogen-bond donors (Lipinski definition) is 2. The molecule has 1 fully saturated rings. The Morgan fingerprint density at radius 1 is 1.50 bits per heavy atom. The number of ether oxygens (including phenoxy) is 1. The molecule has 0 atom stereocenters. The van der Waals surface area contributed by atoms with Gasteiger partial charge in [-0.1, -0.05) is 17.3 Å². The smallest absolute Gasteiger partial charge is 0.173 e. The average molecular weight is 281 g/mol. The summed E-state index contributed by atoms with van der Waals surface area (Å²) in [6.07, 6.45) is 2.22. The number of likely N-dealkylation sites (tertiary alicyclic amines) is 1. The van der Waals surface area contributed by atoms with E-state index < -0.39 is 5.82 Å². The van der Waals surface area contributed by atoms with E-state index in [4.69, 9.17) is 15.7 Å². The van der Waals surface area contributed by atoms with Crippen LogP contribution in [0.2, 0.25) is 0 Å². The molecule has 1 aromatic carbocycles. The van der Waals surface area contributed by atoms with E-state index >= 15 is 0 Å². The van der Waals surface area contributed by atoms with E-state index in [0.717, 1.165) is 25.9 Å². The van der Waals surface area contributed by atoms with Crippen molar-refractivity contribution < 1.29 is 14.3 Å². The van der Waals surface area contributed by atoms with Gasteiger partial charge < -0.3 is 15.7 Å². The van der Waals surface area contributed by atoms with Crippen molar-refractivity contribution in [2.45, 2.75) is 25.5 Å². The molecule has 0 aliphatic carbocycles. The largest absolute Gasteiger partial charge is 0.409 e. The lowest BCUT2D eigenvalue weighted by Crippen LogP contribution is -2.36. The summed E-state index contributed by atoms with van der Waals surface area (Å²) in [5, 5.41) is 11.5. The summed E-state index contributed by atoms with van der Waals surface area (Å²) in [4.78, 5) is 2.18. The molecule has 3 N–H and O–H groups in total. The minimum atomic E-state index is -0.420. The van der Waals surface area contributed by atoms with Crippen LogP contribution in [0.15, 0.2) is 23.4 Å². The highest BCUT2D eigenvalue weighted by Crippen LogP contribution is 2.19. The fourth-order valence-electron chi connectivity index (χ4n) is 2.50. The quantitative estimate of drug-likeness (QED) is 0.380. The van der Waals surface area contributed by atoms with Crippen LogP contribution in [0.3, 0.4) is 0 Å². The predicted molar refractivity (Wildman–Crippen MR) is 74.2 cm³/mol. The van der Waals surface area contributed by atoms with Gasteiger partial charge in [0.2, 0.25) is 0 Å². The standard InChI is InChI=1S/C14H20FN3O2/c1-20-11-5-7-18(8-6-11)9-10-3-2-4-12(13(10)15)14(16)17-19/h2-4,11,19H,5-9H2,1H3,(H2,16,17). The summed E-state index contributed by atoms with van der Waals surface area (Å²) in [6, 6.07) is 4.95. The number of nitrogens with two attached hydrogens (primary N) is 1. The SMILES string of the molecule is COC1CCN(Cc2cccc(/C(N)=N/O)c2F)CC1. The molecule has 1 aromatic rings. The molecule has 1 heterocycles. The minimum absolute atomic E-state index is 0.136. The number of oxime groups is 1. The lowest BCUT2D eigenvalue weighted by molar-refractivity contribution is 0.0386. The molecular weight excluding hydrogens is 261 g/mol. The molecule has 0 aromatic heterocycles. The number of amidine groups is 1. The summed E-state index contributed by atoms with van der Waals surface area (Å²) in [7, 11) is 1.72. The number of piperidine rings is 1.